The summed E-state index contributed by atoms with van der Waals surface area (Å²) in [6.07, 6.45) is 5.83. The molecule has 0 spiro atoms. The van der Waals surface area contributed by atoms with Crippen molar-refractivity contribution < 1.29 is 14.8 Å². The lowest BCUT2D eigenvalue weighted by Crippen LogP contribution is -2.44. The van der Waals surface area contributed by atoms with E-state index in [1.54, 1.807) is 12.1 Å². The van der Waals surface area contributed by atoms with Crippen LogP contribution in [0.2, 0.25) is 0 Å². The van der Waals surface area contributed by atoms with Gasteiger partial charge in [0, 0.05) is 18.2 Å². The Kier molecular flexibility index (Phi) is 5.05. The highest BCUT2D eigenvalue weighted by atomic mass is 16.6. The number of nitrogens with zero attached hydrogens (tertiary/aromatic N) is 1. The second kappa shape index (κ2) is 6.99. The average molecular weight is 290 g/mol. The number of aliphatic hydroxyl groups is 1. The number of non-ortho nitro benzene ring substituents is 1. The van der Waals surface area contributed by atoms with Crippen molar-refractivity contribution in [2.45, 2.75) is 37.8 Å². The molecule has 0 saturated heterocycles. The summed E-state index contributed by atoms with van der Waals surface area (Å²) in [5.74, 6) is -0.299. The molecule has 1 aromatic carbocycles. The Morgan fingerprint density at radius 3 is 2.86 bits per heavy atom. The highest BCUT2D eigenvalue weighted by Crippen LogP contribution is 2.18. The van der Waals surface area contributed by atoms with Crippen molar-refractivity contribution in [1.82, 2.24) is 5.32 Å². The van der Waals surface area contributed by atoms with Crippen LogP contribution in [-0.4, -0.2) is 28.1 Å². The average Bonchev–Trinajstić information content (AvgIpc) is 2.48. The van der Waals surface area contributed by atoms with Gasteiger partial charge >= 0.3 is 0 Å². The quantitative estimate of drug-likeness (QED) is 0.504. The molecule has 0 bridgehead atoms. The van der Waals surface area contributed by atoms with Gasteiger partial charge in [0.1, 0.15) is 0 Å². The normalized spacial score (nSPS) is 22.1. The minimum atomic E-state index is -0.492. The molecule has 2 rings (SSSR count). The number of benzene rings is 1. The Hall–Kier alpha value is -2.21. The Morgan fingerprint density at radius 2 is 2.14 bits per heavy atom. The van der Waals surface area contributed by atoms with Crippen LogP contribution in [0.4, 0.5) is 5.69 Å². The first-order valence-electron chi connectivity index (χ1n) is 6.97. The molecule has 6 heteroatoms. The van der Waals surface area contributed by atoms with Crippen LogP contribution in [0.15, 0.2) is 30.3 Å². The Balaban J connectivity index is 1.95. The molecule has 2 unspecified atom stereocenters. The molecule has 112 valence electrons. The third kappa shape index (κ3) is 4.39. The summed E-state index contributed by atoms with van der Waals surface area (Å²) in [5, 5.41) is 23.2. The summed E-state index contributed by atoms with van der Waals surface area (Å²) < 4.78 is 0. The second-order valence-corrected chi connectivity index (χ2v) is 5.15. The minimum absolute atomic E-state index is 0.0136. The fraction of sp³-hybridized carbons (Fsp3) is 0.400. The Bertz CT molecular complexity index is 556. The third-order valence-electron chi connectivity index (χ3n) is 3.57. The number of hydrogen-bond acceptors (Lipinski definition) is 4. The van der Waals surface area contributed by atoms with E-state index < -0.39 is 11.0 Å². The SMILES string of the molecule is O=C(/C=C/c1cccc([N+](=O)[O-])c1)NC1CCCCC1O. The van der Waals surface area contributed by atoms with Crippen molar-refractivity contribution in [3.8, 4) is 0 Å². The number of nitro benzene ring substituents is 1. The first-order chi connectivity index (χ1) is 10.1. The second-order valence-electron chi connectivity index (χ2n) is 5.15. The van der Waals surface area contributed by atoms with Gasteiger partial charge in [0.2, 0.25) is 5.91 Å². The number of amides is 1. The van der Waals surface area contributed by atoms with Gasteiger partial charge in [-0.1, -0.05) is 25.0 Å². The molecule has 6 nitrogen and oxygen atoms in total. The van der Waals surface area contributed by atoms with Gasteiger partial charge in [0.15, 0.2) is 0 Å². The summed E-state index contributed by atoms with van der Waals surface area (Å²) in [5.41, 5.74) is 0.573. The zero-order valence-electron chi connectivity index (χ0n) is 11.6. The number of rotatable bonds is 4. The van der Waals surface area contributed by atoms with Gasteiger partial charge in [0.05, 0.1) is 17.1 Å². The molecule has 1 aliphatic carbocycles. The summed E-state index contributed by atoms with van der Waals surface area (Å²) in [6.45, 7) is 0. The van der Waals surface area contributed by atoms with Gasteiger partial charge in [-0.25, -0.2) is 0 Å². The third-order valence-corrected chi connectivity index (χ3v) is 3.57. The highest BCUT2D eigenvalue weighted by molar-refractivity contribution is 5.92. The molecule has 0 heterocycles. The lowest BCUT2D eigenvalue weighted by molar-refractivity contribution is -0.384. The smallest absolute Gasteiger partial charge is 0.270 e. The minimum Gasteiger partial charge on any atom is -0.391 e. The van der Waals surface area contributed by atoms with E-state index in [0.717, 1.165) is 19.3 Å². The topological polar surface area (TPSA) is 92.5 Å². The molecule has 1 aliphatic rings. The van der Waals surface area contributed by atoms with E-state index in [9.17, 15) is 20.0 Å². The van der Waals surface area contributed by atoms with Crippen LogP contribution in [0.5, 0.6) is 0 Å². The van der Waals surface area contributed by atoms with Crippen molar-refractivity contribution in [1.29, 1.82) is 0 Å². The zero-order chi connectivity index (χ0) is 15.2. The lowest BCUT2D eigenvalue weighted by Gasteiger charge is -2.27. The molecule has 2 atom stereocenters. The van der Waals surface area contributed by atoms with Crippen molar-refractivity contribution in [3.05, 3.63) is 46.0 Å². The van der Waals surface area contributed by atoms with Crippen molar-refractivity contribution in [2.75, 3.05) is 0 Å². The first kappa shape index (κ1) is 15.2. The number of carbonyl (C=O) groups is 1. The Morgan fingerprint density at radius 1 is 1.38 bits per heavy atom. The highest BCUT2D eigenvalue weighted by Gasteiger charge is 2.23. The molecule has 1 fully saturated rings. The number of aliphatic hydroxyl groups excluding tert-OH is 1. The van der Waals surface area contributed by atoms with Gasteiger partial charge < -0.3 is 10.4 Å². The van der Waals surface area contributed by atoms with Crippen LogP contribution in [0.3, 0.4) is 0 Å². The van der Waals surface area contributed by atoms with Crippen LogP contribution in [0.25, 0.3) is 6.08 Å². The molecule has 0 aliphatic heterocycles. The lowest BCUT2D eigenvalue weighted by atomic mass is 9.92. The fourth-order valence-corrected chi connectivity index (χ4v) is 2.42. The molecule has 1 saturated carbocycles. The van der Waals surface area contributed by atoms with Crippen LogP contribution >= 0.6 is 0 Å². The van der Waals surface area contributed by atoms with Gasteiger partial charge in [-0.05, 0) is 24.5 Å². The largest absolute Gasteiger partial charge is 0.391 e. The van der Waals surface area contributed by atoms with E-state index in [4.69, 9.17) is 0 Å². The Labute approximate surface area is 122 Å². The van der Waals surface area contributed by atoms with E-state index in [1.165, 1.54) is 24.3 Å². The number of hydrogen-bond donors (Lipinski definition) is 2. The number of carbonyl (C=O) groups excluding carboxylic acids is 1. The van der Waals surface area contributed by atoms with E-state index in [-0.39, 0.29) is 17.6 Å². The molecule has 1 amide bonds. The maximum absolute atomic E-state index is 11.8. The van der Waals surface area contributed by atoms with E-state index in [0.29, 0.717) is 12.0 Å². The van der Waals surface area contributed by atoms with E-state index >= 15 is 0 Å². The van der Waals surface area contributed by atoms with Gasteiger partial charge in [-0.2, -0.15) is 0 Å². The van der Waals surface area contributed by atoms with Crippen molar-refractivity contribution in [2.24, 2.45) is 0 Å². The standard InChI is InChI=1S/C15H18N2O4/c18-14-7-2-1-6-13(14)16-15(19)9-8-11-4-3-5-12(10-11)17(20)21/h3-5,8-10,13-14,18H,1-2,6-7H2,(H,16,19)/b9-8+. The van der Waals surface area contributed by atoms with Crippen LogP contribution in [0, 0.1) is 10.1 Å². The molecule has 1 aromatic rings. The first-order valence-corrected chi connectivity index (χ1v) is 6.97. The molecular weight excluding hydrogens is 272 g/mol. The predicted molar refractivity (Wildman–Crippen MR) is 78.5 cm³/mol. The fourth-order valence-electron chi connectivity index (χ4n) is 2.42. The van der Waals surface area contributed by atoms with Crippen molar-refractivity contribution in [3.63, 3.8) is 0 Å². The number of nitrogens with one attached hydrogen (secondary N) is 1. The monoisotopic (exact) mass is 290 g/mol. The van der Waals surface area contributed by atoms with Crippen LogP contribution in [0.1, 0.15) is 31.2 Å². The van der Waals surface area contributed by atoms with Gasteiger partial charge in [-0.3, -0.25) is 14.9 Å². The molecular formula is C15H18N2O4. The number of nitro groups is 1. The predicted octanol–water partition coefficient (Wildman–Crippen LogP) is 2.03. The zero-order valence-corrected chi connectivity index (χ0v) is 11.6. The van der Waals surface area contributed by atoms with Crippen molar-refractivity contribution >= 4 is 17.7 Å². The van der Waals surface area contributed by atoms with E-state index in [2.05, 4.69) is 5.32 Å². The maximum Gasteiger partial charge on any atom is 0.270 e. The molecule has 0 aromatic heterocycles. The summed E-state index contributed by atoms with van der Waals surface area (Å²) in [6, 6.07) is 5.85. The maximum atomic E-state index is 11.8. The summed E-state index contributed by atoms with van der Waals surface area (Å²) in [7, 11) is 0. The summed E-state index contributed by atoms with van der Waals surface area (Å²) in [4.78, 5) is 22.0. The molecule has 21 heavy (non-hydrogen) atoms. The van der Waals surface area contributed by atoms with Crippen LogP contribution < -0.4 is 5.32 Å². The summed E-state index contributed by atoms with van der Waals surface area (Å²) >= 11 is 0. The van der Waals surface area contributed by atoms with Gasteiger partial charge in [-0.15, -0.1) is 0 Å². The van der Waals surface area contributed by atoms with E-state index in [1.807, 2.05) is 0 Å². The molecule has 0 radical (unpaired) electrons. The molecule has 2 N–H and O–H groups in total. The van der Waals surface area contributed by atoms with Crippen LogP contribution in [-0.2, 0) is 4.79 Å². The van der Waals surface area contributed by atoms with Gasteiger partial charge in [0.25, 0.3) is 5.69 Å².